The Morgan fingerprint density at radius 1 is 1.00 bits per heavy atom. The van der Waals surface area contributed by atoms with E-state index in [1.807, 2.05) is 0 Å². The van der Waals surface area contributed by atoms with Crippen molar-refractivity contribution < 1.29 is 0 Å². The molecule has 0 amide bonds. The van der Waals surface area contributed by atoms with Crippen LogP contribution in [0.1, 0.15) is 40.0 Å². The van der Waals surface area contributed by atoms with Gasteiger partial charge in [-0.3, -0.25) is 0 Å². The standard InChI is InChI=1S/C14H31N3/c1-4-16(5-2)11-8-12-17(6-3)13-14-9-7-10-15-14/h14-15H,4-13H2,1-3H3/t14-/m1/s1. The van der Waals surface area contributed by atoms with Gasteiger partial charge >= 0.3 is 0 Å². The molecule has 1 rings (SSSR count). The summed E-state index contributed by atoms with van der Waals surface area (Å²) in [7, 11) is 0. The molecule has 0 spiro atoms. The first-order chi connectivity index (χ1) is 8.30. The van der Waals surface area contributed by atoms with Gasteiger partial charge in [-0.2, -0.15) is 0 Å². The molecule has 1 heterocycles. The predicted molar refractivity (Wildman–Crippen MR) is 75.5 cm³/mol. The third kappa shape index (κ3) is 5.84. The van der Waals surface area contributed by atoms with E-state index < -0.39 is 0 Å². The fraction of sp³-hybridized carbons (Fsp3) is 1.00. The molecule has 0 radical (unpaired) electrons. The summed E-state index contributed by atoms with van der Waals surface area (Å²) in [4.78, 5) is 5.12. The van der Waals surface area contributed by atoms with Crippen molar-refractivity contribution in [3.8, 4) is 0 Å². The average molecular weight is 241 g/mol. The first-order valence-corrected chi connectivity index (χ1v) is 7.48. The highest BCUT2D eigenvalue weighted by molar-refractivity contribution is 4.77. The van der Waals surface area contributed by atoms with Gasteiger partial charge in [-0.1, -0.05) is 20.8 Å². The minimum Gasteiger partial charge on any atom is -0.313 e. The summed E-state index contributed by atoms with van der Waals surface area (Å²) in [5, 5.41) is 3.59. The van der Waals surface area contributed by atoms with Gasteiger partial charge in [0.2, 0.25) is 0 Å². The van der Waals surface area contributed by atoms with E-state index in [-0.39, 0.29) is 0 Å². The van der Waals surface area contributed by atoms with Crippen LogP contribution in [0.4, 0.5) is 0 Å². The fourth-order valence-electron chi connectivity index (χ4n) is 2.66. The maximum atomic E-state index is 3.59. The van der Waals surface area contributed by atoms with Gasteiger partial charge in [-0.25, -0.2) is 0 Å². The Balaban J connectivity index is 2.13. The fourth-order valence-corrected chi connectivity index (χ4v) is 2.66. The van der Waals surface area contributed by atoms with Gasteiger partial charge in [0.1, 0.15) is 0 Å². The summed E-state index contributed by atoms with van der Waals surface area (Å²) in [6.07, 6.45) is 4.04. The Kier molecular flexibility index (Phi) is 7.82. The molecule has 0 aliphatic carbocycles. The van der Waals surface area contributed by atoms with Gasteiger partial charge in [0.15, 0.2) is 0 Å². The summed E-state index contributed by atoms with van der Waals surface area (Å²) in [6, 6.07) is 0.753. The van der Waals surface area contributed by atoms with Crippen LogP contribution in [-0.4, -0.2) is 61.7 Å². The van der Waals surface area contributed by atoms with Crippen molar-refractivity contribution in [1.82, 2.24) is 15.1 Å². The molecule has 1 aliphatic rings. The number of hydrogen-bond acceptors (Lipinski definition) is 3. The number of hydrogen-bond donors (Lipinski definition) is 1. The van der Waals surface area contributed by atoms with Gasteiger partial charge in [0, 0.05) is 12.6 Å². The topological polar surface area (TPSA) is 18.5 Å². The second-order valence-corrected chi connectivity index (χ2v) is 5.07. The van der Waals surface area contributed by atoms with Crippen LogP contribution in [0, 0.1) is 0 Å². The number of rotatable bonds is 9. The quantitative estimate of drug-likeness (QED) is 0.664. The van der Waals surface area contributed by atoms with E-state index in [2.05, 4.69) is 35.9 Å². The molecule has 0 aromatic rings. The number of nitrogens with zero attached hydrogens (tertiary/aromatic N) is 2. The number of likely N-dealkylation sites (N-methyl/N-ethyl adjacent to an activating group) is 1. The SMILES string of the molecule is CCN(CC)CCCN(CC)C[C@H]1CCCN1. The Labute approximate surface area is 108 Å². The van der Waals surface area contributed by atoms with Gasteiger partial charge in [0.25, 0.3) is 0 Å². The Bertz CT molecular complexity index is 174. The van der Waals surface area contributed by atoms with E-state index in [1.54, 1.807) is 0 Å². The van der Waals surface area contributed by atoms with Crippen LogP contribution in [0.3, 0.4) is 0 Å². The van der Waals surface area contributed by atoms with Gasteiger partial charge in [-0.05, 0) is 58.5 Å². The first kappa shape index (κ1) is 14.9. The van der Waals surface area contributed by atoms with Crippen LogP contribution < -0.4 is 5.32 Å². The smallest absolute Gasteiger partial charge is 0.0195 e. The zero-order valence-electron chi connectivity index (χ0n) is 12.0. The highest BCUT2D eigenvalue weighted by atomic mass is 15.2. The van der Waals surface area contributed by atoms with Crippen molar-refractivity contribution >= 4 is 0 Å². The lowest BCUT2D eigenvalue weighted by atomic mass is 10.2. The molecule has 3 heteroatoms. The largest absolute Gasteiger partial charge is 0.313 e. The lowest BCUT2D eigenvalue weighted by Gasteiger charge is -2.25. The molecule has 0 aromatic carbocycles. The summed E-state index contributed by atoms with van der Waals surface area (Å²) < 4.78 is 0. The summed E-state index contributed by atoms with van der Waals surface area (Å²) in [6.45, 7) is 15.3. The Hall–Kier alpha value is -0.120. The van der Waals surface area contributed by atoms with Crippen LogP contribution in [0.25, 0.3) is 0 Å². The maximum absolute atomic E-state index is 3.59. The zero-order chi connectivity index (χ0) is 12.5. The van der Waals surface area contributed by atoms with E-state index in [0.29, 0.717) is 0 Å². The maximum Gasteiger partial charge on any atom is 0.0195 e. The molecule has 1 atom stereocenters. The van der Waals surface area contributed by atoms with Gasteiger partial charge in [-0.15, -0.1) is 0 Å². The van der Waals surface area contributed by atoms with Crippen molar-refractivity contribution in [3.63, 3.8) is 0 Å². The molecular formula is C14H31N3. The Morgan fingerprint density at radius 2 is 1.65 bits per heavy atom. The van der Waals surface area contributed by atoms with Gasteiger partial charge < -0.3 is 15.1 Å². The first-order valence-electron chi connectivity index (χ1n) is 7.48. The molecule has 17 heavy (non-hydrogen) atoms. The van der Waals surface area contributed by atoms with Crippen LogP contribution in [0.15, 0.2) is 0 Å². The lowest BCUT2D eigenvalue weighted by molar-refractivity contribution is 0.230. The predicted octanol–water partition coefficient (Wildman–Crippen LogP) is 1.79. The van der Waals surface area contributed by atoms with Crippen molar-refractivity contribution in [2.45, 2.75) is 46.1 Å². The highest BCUT2D eigenvalue weighted by Crippen LogP contribution is 2.07. The minimum atomic E-state index is 0.753. The van der Waals surface area contributed by atoms with E-state index in [4.69, 9.17) is 0 Å². The van der Waals surface area contributed by atoms with E-state index in [0.717, 1.165) is 6.04 Å². The van der Waals surface area contributed by atoms with Gasteiger partial charge in [0.05, 0.1) is 0 Å². The molecular weight excluding hydrogens is 210 g/mol. The molecule has 102 valence electrons. The summed E-state index contributed by atoms with van der Waals surface area (Å²) in [5.41, 5.74) is 0. The second-order valence-electron chi connectivity index (χ2n) is 5.07. The molecule has 1 saturated heterocycles. The van der Waals surface area contributed by atoms with Crippen molar-refractivity contribution in [1.29, 1.82) is 0 Å². The number of nitrogens with one attached hydrogen (secondary N) is 1. The molecule has 0 aromatic heterocycles. The highest BCUT2D eigenvalue weighted by Gasteiger charge is 2.16. The third-order valence-corrected chi connectivity index (χ3v) is 3.93. The van der Waals surface area contributed by atoms with E-state index in [1.165, 1.54) is 65.1 Å². The van der Waals surface area contributed by atoms with E-state index in [9.17, 15) is 0 Å². The molecule has 1 N–H and O–H groups in total. The molecule has 1 aliphatic heterocycles. The zero-order valence-corrected chi connectivity index (χ0v) is 12.0. The minimum absolute atomic E-state index is 0.753. The lowest BCUT2D eigenvalue weighted by Crippen LogP contribution is -2.38. The molecule has 3 nitrogen and oxygen atoms in total. The molecule has 1 fully saturated rings. The summed E-state index contributed by atoms with van der Waals surface area (Å²) >= 11 is 0. The van der Waals surface area contributed by atoms with Crippen LogP contribution >= 0.6 is 0 Å². The van der Waals surface area contributed by atoms with E-state index >= 15 is 0 Å². The van der Waals surface area contributed by atoms with Crippen LogP contribution in [0.5, 0.6) is 0 Å². The third-order valence-electron chi connectivity index (χ3n) is 3.93. The normalized spacial score (nSPS) is 20.6. The molecule has 0 saturated carbocycles. The molecule has 0 unspecified atom stereocenters. The Morgan fingerprint density at radius 3 is 2.18 bits per heavy atom. The second kappa shape index (κ2) is 8.90. The van der Waals surface area contributed by atoms with Crippen molar-refractivity contribution in [2.75, 3.05) is 45.8 Å². The summed E-state index contributed by atoms with van der Waals surface area (Å²) in [5.74, 6) is 0. The van der Waals surface area contributed by atoms with Crippen molar-refractivity contribution in [2.24, 2.45) is 0 Å². The van der Waals surface area contributed by atoms with Crippen molar-refractivity contribution in [3.05, 3.63) is 0 Å². The average Bonchev–Trinajstić information content (AvgIpc) is 2.86. The monoisotopic (exact) mass is 241 g/mol. The van der Waals surface area contributed by atoms with Crippen LogP contribution in [0.2, 0.25) is 0 Å². The molecule has 0 bridgehead atoms. The van der Waals surface area contributed by atoms with Crippen LogP contribution in [-0.2, 0) is 0 Å².